The van der Waals surface area contributed by atoms with E-state index in [1.807, 2.05) is 0 Å². The van der Waals surface area contributed by atoms with Crippen molar-refractivity contribution in [2.75, 3.05) is 0 Å². The Kier molecular flexibility index (Phi) is 6.21. The number of rotatable bonds is 2. The van der Waals surface area contributed by atoms with E-state index < -0.39 is 0 Å². The van der Waals surface area contributed by atoms with Crippen LogP contribution in [0.4, 0.5) is 0 Å². The number of aromatic nitrogens is 4. The molecule has 51 heavy (non-hydrogen) atoms. The third-order valence-electron chi connectivity index (χ3n) is 13.7. The van der Waals surface area contributed by atoms with Crippen molar-refractivity contribution in [2.24, 2.45) is 10.8 Å². The summed E-state index contributed by atoms with van der Waals surface area (Å²) in [5.74, 6) is 0. The smallest absolute Gasteiger partial charge is 0.234 e. The van der Waals surface area contributed by atoms with E-state index >= 15 is 0 Å². The van der Waals surface area contributed by atoms with Crippen molar-refractivity contribution in [1.29, 1.82) is 0 Å². The van der Waals surface area contributed by atoms with E-state index in [0.717, 1.165) is 0 Å². The largest absolute Gasteiger partial charge is 0.252 e. The minimum absolute atomic E-state index is 0.0120. The van der Waals surface area contributed by atoms with Gasteiger partial charge in [0, 0.05) is 21.6 Å². The van der Waals surface area contributed by atoms with Crippen LogP contribution in [0.15, 0.2) is 72.8 Å². The van der Waals surface area contributed by atoms with Crippen molar-refractivity contribution >= 4 is 66.5 Å². The van der Waals surface area contributed by atoms with Crippen LogP contribution in [0.3, 0.4) is 0 Å². The molecule has 4 heterocycles. The first-order chi connectivity index (χ1) is 23.7. The molecule has 0 atom stereocenters. The lowest BCUT2D eigenvalue weighted by molar-refractivity contribution is 0.220. The van der Waals surface area contributed by atoms with Crippen LogP contribution in [0.2, 0.25) is 0 Å². The molecule has 0 N–H and O–H groups in total. The predicted octanol–water partition coefficient (Wildman–Crippen LogP) is 9.76. The van der Waals surface area contributed by atoms with Gasteiger partial charge in [0.05, 0.1) is 33.8 Å². The van der Waals surface area contributed by atoms with E-state index in [1.165, 1.54) is 88.1 Å². The molecule has 5 aromatic carbocycles. The lowest BCUT2D eigenvalue weighted by Gasteiger charge is -2.37. The average Bonchev–Trinajstić information content (AvgIpc) is 3.65. The molecule has 258 valence electrons. The number of hydrogen-bond donors (Lipinski definition) is 0. The Labute approximate surface area is 303 Å². The van der Waals surface area contributed by atoms with Crippen molar-refractivity contribution in [3.05, 3.63) is 89.7 Å². The van der Waals surface area contributed by atoms with Crippen LogP contribution in [0.25, 0.3) is 54.7 Å². The van der Waals surface area contributed by atoms with Gasteiger partial charge in [0.15, 0.2) is 0 Å². The maximum absolute atomic E-state index is 5.73. The normalized spacial score (nSPS) is 14.7. The van der Waals surface area contributed by atoms with Gasteiger partial charge < -0.3 is 0 Å². The second-order valence-corrected chi connectivity index (χ2v) is 19.7. The SMILES string of the molecule is CC(C)(C)c1cc2c3c(c1)-n1nc(C(C)(C)C(C)(C)C)c4c5ccccc5cc(c41)B3c1cc3ccccc3c3c(C(C)(C)C(C)(C)C)nn-2c13. The van der Waals surface area contributed by atoms with E-state index in [4.69, 9.17) is 10.2 Å². The van der Waals surface area contributed by atoms with Gasteiger partial charge in [-0.2, -0.15) is 10.2 Å². The summed E-state index contributed by atoms with van der Waals surface area (Å²) in [4.78, 5) is 0. The van der Waals surface area contributed by atoms with Crippen LogP contribution >= 0.6 is 0 Å². The number of hydrogen-bond acceptors (Lipinski definition) is 2. The summed E-state index contributed by atoms with van der Waals surface area (Å²) in [6, 6.07) is 27.8. The van der Waals surface area contributed by atoms with Gasteiger partial charge in [0.1, 0.15) is 0 Å². The molecule has 0 radical (unpaired) electrons. The fourth-order valence-corrected chi connectivity index (χ4v) is 8.61. The molecule has 2 aliphatic heterocycles. The van der Waals surface area contributed by atoms with Gasteiger partial charge in [-0.15, -0.1) is 0 Å². The van der Waals surface area contributed by atoms with Gasteiger partial charge >= 0.3 is 0 Å². The Hall–Kier alpha value is -4.38. The maximum atomic E-state index is 5.73. The van der Waals surface area contributed by atoms with Crippen LogP contribution in [-0.4, -0.2) is 26.3 Å². The Morgan fingerprint density at radius 3 is 1.27 bits per heavy atom. The molecule has 7 aromatic rings. The van der Waals surface area contributed by atoms with Crippen LogP contribution < -0.4 is 16.4 Å². The van der Waals surface area contributed by atoms with Crippen LogP contribution in [0.1, 0.15) is 107 Å². The van der Waals surface area contributed by atoms with Gasteiger partial charge in [-0.05, 0) is 71.9 Å². The van der Waals surface area contributed by atoms with E-state index in [1.54, 1.807) is 0 Å². The minimum Gasteiger partial charge on any atom is -0.234 e. The molecule has 9 rings (SSSR count). The number of fused-ring (bicyclic) bond motifs is 8. The molecule has 2 aromatic heterocycles. The summed E-state index contributed by atoms with van der Waals surface area (Å²) in [5, 5.41) is 19.1. The predicted molar refractivity (Wildman–Crippen MR) is 219 cm³/mol. The molecule has 0 aliphatic carbocycles. The Bertz CT molecular complexity index is 2470. The van der Waals surface area contributed by atoms with Crippen LogP contribution in [0, 0.1) is 10.8 Å². The average molecular weight is 671 g/mol. The third-order valence-corrected chi connectivity index (χ3v) is 13.7. The molecule has 0 saturated heterocycles. The van der Waals surface area contributed by atoms with Gasteiger partial charge in [0.2, 0.25) is 0 Å². The summed E-state index contributed by atoms with van der Waals surface area (Å²) < 4.78 is 4.66. The van der Waals surface area contributed by atoms with E-state index in [-0.39, 0.29) is 33.8 Å². The van der Waals surface area contributed by atoms with Crippen molar-refractivity contribution in [3.8, 4) is 11.4 Å². The molecular weight excluding hydrogens is 619 g/mol. The van der Waals surface area contributed by atoms with Crippen molar-refractivity contribution in [2.45, 2.75) is 106 Å². The van der Waals surface area contributed by atoms with Crippen molar-refractivity contribution < 1.29 is 0 Å². The highest BCUT2D eigenvalue weighted by molar-refractivity contribution is 7.00. The van der Waals surface area contributed by atoms with E-state index in [9.17, 15) is 0 Å². The first-order valence-electron chi connectivity index (χ1n) is 18.8. The summed E-state index contributed by atoms with van der Waals surface area (Å²) >= 11 is 0. The summed E-state index contributed by atoms with van der Waals surface area (Å²) in [7, 11) is 0. The molecular formula is C46H51BN4. The van der Waals surface area contributed by atoms with E-state index in [0.29, 0.717) is 0 Å². The van der Waals surface area contributed by atoms with Crippen LogP contribution in [-0.2, 0) is 16.2 Å². The van der Waals surface area contributed by atoms with Gasteiger partial charge in [-0.3, -0.25) is 0 Å². The topological polar surface area (TPSA) is 35.6 Å². The van der Waals surface area contributed by atoms with E-state index in [2.05, 4.69) is 172 Å². The molecule has 2 aliphatic rings. The zero-order chi connectivity index (χ0) is 36.4. The highest BCUT2D eigenvalue weighted by Gasteiger charge is 2.47. The second-order valence-electron chi connectivity index (χ2n) is 19.7. The Morgan fingerprint density at radius 1 is 0.510 bits per heavy atom. The molecule has 0 fully saturated rings. The lowest BCUT2D eigenvalue weighted by atomic mass is 9.34. The standard InChI is InChI=1S/C46H51BN4/c1-42(2,3)28-24-33-37-34(25-28)51-39-32(23-27-19-15-17-21-30(27)36(39)41(49-51)46(12,13)44(7,8)9)47(37)31-22-26-18-14-16-20-29(26)35-38(31)50(33)48-40(35)45(10,11)43(4,5)6/h14-25H,1-13H3. The monoisotopic (exact) mass is 670 g/mol. The minimum atomic E-state index is -0.195. The van der Waals surface area contributed by atoms with Gasteiger partial charge in [0.25, 0.3) is 6.71 Å². The molecule has 0 saturated carbocycles. The fraction of sp³-hybridized carbons (Fsp3) is 0.391. The fourth-order valence-electron chi connectivity index (χ4n) is 8.61. The highest BCUT2D eigenvalue weighted by atomic mass is 15.3. The first kappa shape index (κ1) is 32.5. The number of benzene rings is 5. The first-order valence-corrected chi connectivity index (χ1v) is 18.8. The van der Waals surface area contributed by atoms with Crippen molar-refractivity contribution in [1.82, 2.24) is 19.6 Å². The number of nitrogens with zero attached hydrogens (tertiary/aromatic N) is 4. The summed E-state index contributed by atoms with van der Waals surface area (Å²) in [6.07, 6.45) is 0. The summed E-state index contributed by atoms with van der Waals surface area (Å²) in [6.45, 7) is 30.7. The zero-order valence-electron chi connectivity index (χ0n) is 32.8. The zero-order valence-corrected chi connectivity index (χ0v) is 32.8. The second kappa shape index (κ2) is 9.73. The third kappa shape index (κ3) is 4.09. The molecule has 0 unspecified atom stereocenters. The Balaban J connectivity index is 1.54. The quantitative estimate of drug-likeness (QED) is 0.172. The van der Waals surface area contributed by atoms with Crippen LogP contribution in [0.5, 0.6) is 0 Å². The molecule has 0 amide bonds. The molecule has 0 bridgehead atoms. The van der Waals surface area contributed by atoms with Gasteiger partial charge in [-0.1, -0.05) is 151 Å². The maximum Gasteiger partial charge on any atom is 0.252 e. The Morgan fingerprint density at radius 2 is 0.902 bits per heavy atom. The lowest BCUT2D eigenvalue weighted by Crippen LogP contribution is -2.59. The highest BCUT2D eigenvalue weighted by Crippen LogP contribution is 2.48. The van der Waals surface area contributed by atoms with Gasteiger partial charge in [-0.25, -0.2) is 9.36 Å². The molecule has 5 heteroatoms. The molecule has 0 spiro atoms. The molecule has 4 nitrogen and oxygen atoms in total. The van der Waals surface area contributed by atoms with Crippen molar-refractivity contribution in [3.63, 3.8) is 0 Å². The summed E-state index contributed by atoms with van der Waals surface area (Å²) in [5.41, 5.74) is 12.0.